The molecule has 1 aromatic heterocycles. The number of alkyl halides is 3. The third-order valence-electron chi connectivity index (χ3n) is 1.33. The van der Waals surface area contributed by atoms with Crippen molar-refractivity contribution in [3.05, 3.63) is 23.6 Å². The van der Waals surface area contributed by atoms with Gasteiger partial charge in [0.1, 0.15) is 5.56 Å². The Hall–Kier alpha value is -1.33. The maximum Gasteiger partial charge on any atom is 0.421 e. The highest BCUT2D eigenvalue weighted by atomic mass is 19.4. The molecule has 0 amide bonds. The summed E-state index contributed by atoms with van der Waals surface area (Å²) in [7, 11) is 0.997. The average Bonchev–Trinajstić information content (AvgIpc) is 2.01. The topological polar surface area (TPSA) is 22.1 Å². The Morgan fingerprint density at radius 3 is 2.38 bits per heavy atom. The van der Waals surface area contributed by atoms with Gasteiger partial charge in [-0.05, 0) is 12.1 Å². The Balaban J connectivity index is 3.22. The van der Waals surface area contributed by atoms with E-state index in [9.17, 15) is 17.6 Å². The summed E-state index contributed by atoms with van der Waals surface area (Å²) in [5, 5.41) is 0. The fourth-order valence-corrected chi connectivity index (χ4v) is 0.789. The molecule has 0 aliphatic heterocycles. The second kappa shape index (κ2) is 3.20. The van der Waals surface area contributed by atoms with Gasteiger partial charge >= 0.3 is 6.18 Å². The lowest BCUT2D eigenvalue weighted by atomic mass is 10.2. The van der Waals surface area contributed by atoms with Crippen molar-refractivity contribution in [1.29, 1.82) is 0 Å². The SMILES string of the molecule is COc1nc(F)ccc1C(F)(F)F. The molecule has 1 heterocycles. The van der Waals surface area contributed by atoms with Crippen molar-refractivity contribution in [2.75, 3.05) is 7.11 Å². The van der Waals surface area contributed by atoms with E-state index in [0.29, 0.717) is 12.1 Å². The Bertz CT molecular complexity index is 310. The molecule has 0 atom stereocenters. The van der Waals surface area contributed by atoms with Crippen LogP contribution in [0.25, 0.3) is 0 Å². The van der Waals surface area contributed by atoms with Gasteiger partial charge in [-0.15, -0.1) is 0 Å². The number of nitrogens with zero attached hydrogens (tertiary/aromatic N) is 1. The van der Waals surface area contributed by atoms with Crippen LogP contribution in [-0.4, -0.2) is 12.1 Å². The Labute approximate surface area is 71.2 Å². The van der Waals surface area contributed by atoms with Crippen molar-refractivity contribution >= 4 is 0 Å². The summed E-state index contributed by atoms with van der Waals surface area (Å²) in [5.41, 5.74) is -1.09. The number of rotatable bonds is 1. The summed E-state index contributed by atoms with van der Waals surface area (Å²) in [6, 6.07) is 1.21. The molecular formula is C7H5F4NO. The molecule has 0 saturated carbocycles. The molecule has 72 valence electrons. The maximum atomic E-state index is 12.4. The van der Waals surface area contributed by atoms with Crippen molar-refractivity contribution in [3.63, 3.8) is 0 Å². The van der Waals surface area contributed by atoms with Crippen LogP contribution < -0.4 is 4.74 Å². The zero-order valence-electron chi connectivity index (χ0n) is 6.52. The van der Waals surface area contributed by atoms with Crippen LogP contribution in [0.5, 0.6) is 5.88 Å². The van der Waals surface area contributed by atoms with E-state index in [4.69, 9.17) is 0 Å². The van der Waals surface area contributed by atoms with Crippen LogP contribution in [-0.2, 0) is 6.18 Å². The Morgan fingerprint density at radius 2 is 1.92 bits per heavy atom. The van der Waals surface area contributed by atoms with Crippen LogP contribution in [0.3, 0.4) is 0 Å². The number of pyridine rings is 1. The van der Waals surface area contributed by atoms with Crippen molar-refractivity contribution in [3.8, 4) is 5.88 Å². The molecule has 0 N–H and O–H groups in total. The summed E-state index contributed by atoms with van der Waals surface area (Å²) in [5.74, 6) is -1.77. The van der Waals surface area contributed by atoms with Crippen LogP contribution in [0.2, 0.25) is 0 Å². The van der Waals surface area contributed by atoms with Gasteiger partial charge in [0.2, 0.25) is 11.8 Å². The van der Waals surface area contributed by atoms with E-state index in [1.807, 2.05) is 0 Å². The van der Waals surface area contributed by atoms with Crippen LogP contribution in [0, 0.1) is 5.95 Å². The van der Waals surface area contributed by atoms with E-state index < -0.39 is 23.6 Å². The number of ether oxygens (including phenoxy) is 1. The summed E-state index contributed by atoms with van der Waals surface area (Å²) >= 11 is 0. The molecule has 0 radical (unpaired) electrons. The molecule has 1 aromatic rings. The summed E-state index contributed by atoms with van der Waals surface area (Å²) < 4.78 is 53.0. The Kier molecular flexibility index (Phi) is 2.40. The normalized spacial score (nSPS) is 11.5. The minimum atomic E-state index is -4.58. The first kappa shape index (κ1) is 9.76. The molecule has 0 aromatic carbocycles. The quantitative estimate of drug-likeness (QED) is 0.506. The predicted octanol–water partition coefficient (Wildman–Crippen LogP) is 2.25. The van der Waals surface area contributed by atoms with E-state index in [-0.39, 0.29) is 0 Å². The lowest BCUT2D eigenvalue weighted by Crippen LogP contribution is -2.09. The molecule has 1 rings (SSSR count). The van der Waals surface area contributed by atoms with Crippen LogP contribution >= 0.6 is 0 Å². The van der Waals surface area contributed by atoms with E-state index in [1.165, 1.54) is 0 Å². The van der Waals surface area contributed by atoms with Gasteiger partial charge in [-0.1, -0.05) is 0 Å². The van der Waals surface area contributed by atoms with Gasteiger partial charge in [0.05, 0.1) is 7.11 Å². The number of hydrogen-bond donors (Lipinski definition) is 0. The number of halogens is 4. The first-order valence-corrected chi connectivity index (χ1v) is 3.23. The van der Waals surface area contributed by atoms with E-state index in [2.05, 4.69) is 9.72 Å². The minimum absolute atomic E-state index is 0.584. The third-order valence-corrected chi connectivity index (χ3v) is 1.33. The molecule has 0 fully saturated rings. The van der Waals surface area contributed by atoms with Crippen LogP contribution in [0.15, 0.2) is 12.1 Å². The standard InChI is InChI=1S/C7H5F4NO/c1-13-6-4(7(9,10)11)2-3-5(8)12-6/h2-3H,1H3. The fraction of sp³-hybridized carbons (Fsp3) is 0.286. The van der Waals surface area contributed by atoms with Crippen molar-refractivity contribution in [2.45, 2.75) is 6.18 Å². The number of methoxy groups -OCH3 is 1. The van der Waals surface area contributed by atoms with Gasteiger partial charge in [-0.25, -0.2) is 0 Å². The minimum Gasteiger partial charge on any atom is -0.480 e. The van der Waals surface area contributed by atoms with E-state index >= 15 is 0 Å². The van der Waals surface area contributed by atoms with Gasteiger partial charge < -0.3 is 4.74 Å². The second-order valence-corrected chi connectivity index (χ2v) is 2.19. The summed E-state index contributed by atoms with van der Waals surface area (Å²) in [4.78, 5) is 2.95. The third kappa shape index (κ3) is 2.07. The fourth-order valence-electron chi connectivity index (χ4n) is 0.789. The van der Waals surface area contributed by atoms with Gasteiger partial charge in [0.25, 0.3) is 0 Å². The first-order valence-electron chi connectivity index (χ1n) is 3.23. The van der Waals surface area contributed by atoms with E-state index in [0.717, 1.165) is 7.11 Å². The molecule has 0 spiro atoms. The lowest BCUT2D eigenvalue weighted by Gasteiger charge is -2.09. The highest BCUT2D eigenvalue weighted by molar-refractivity contribution is 5.28. The molecular weight excluding hydrogens is 190 g/mol. The van der Waals surface area contributed by atoms with E-state index in [1.54, 1.807) is 0 Å². The maximum absolute atomic E-state index is 12.4. The molecule has 0 unspecified atom stereocenters. The monoisotopic (exact) mass is 195 g/mol. The smallest absolute Gasteiger partial charge is 0.421 e. The van der Waals surface area contributed by atoms with Gasteiger partial charge in [-0.3, -0.25) is 0 Å². The molecule has 2 nitrogen and oxygen atoms in total. The summed E-state index contributed by atoms with van der Waals surface area (Å²) in [6.45, 7) is 0. The van der Waals surface area contributed by atoms with Gasteiger partial charge in [-0.2, -0.15) is 22.5 Å². The first-order chi connectivity index (χ1) is 5.95. The van der Waals surface area contributed by atoms with Crippen molar-refractivity contribution in [1.82, 2.24) is 4.98 Å². The largest absolute Gasteiger partial charge is 0.480 e. The lowest BCUT2D eigenvalue weighted by molar-refractivity contribution is -0.139. The number of aromatic nitrogens is 1. The highest BCUT2D eigenvalue weighted by Gasteiger charge is 2.35. The zero-order valence-corrected chi connectivity index (χ0v) is 6.52. The predicted molar refractivity (Wildman–Crippen MR) is 35.7 cm³/mol. The van der Waals surface area contributed by atoms with Gasteiger partial charge in [0.15, 0.2) is 0 Å². The molecule has 0 aliphatic rings. The molecule has 0 aliphatic carbocycles. The Morgan fingerprint density at radius 1 is 1.31 bits per heavy atom. The number of hydrogen-bond acceptors (Lipinski definition) is 2. The summed E-state index contributed by atoms with van der Waals surface area (Å²) in [6.07, 6.45) is -4.58. The second-order valence-electron chi connectivity index (χ2n) is 2.19. The van der Waals surface area contributed by atoms with Crippen molar-refractivity contribution in [2.24, 2.45) is 0 Å². The highest BCUT2D eigenvalue weighted by Crippen LogP contribution is 2.34. The van der Waals surface area contributed by atoms with Crippen LogP contribution in [0.4, 0.5) is 17.6 Å². The molecule has 13 heavy (non-hydrogen) atoms. The zero-order chi connectivity index (χ0) is 10.1. The molecule has 0 bridgehead atoms. The molecule has 6 heteroatoms. The average molecular weight is 195 g/mol. The van der Waals surface area contributed by atoms with Gasteiger partial charge in [0, 0.05) is 0 Å². The molecule has 0 saturated heterocycles. The van der Waals surface area contributed by atoms with Crippen molar-refractivity contribution < 1.29 is 22.3 Å². The van der Waals surface area contributed by atoms with Crippen LogP contribution in [0.1, 0.15) is 5.56 Å².